The Balaban J connectivity index is 2.60. The highest BCUT2D eigenvalue weighted by molar-refractivity contribution is 5.54. The normalized spacial score (nSPS) is 11.1. The molecule has 0 amide bonds. The molecule has 2 aromatic heterocycles. The molecule has 0 aliphatic rings. The Hall–Kier alpha value is -1.71. The molecule has 0 aliphatic heterocycles. The molecule has 0 aromatic carbocycles. The molecule has 0 saturated heterocycles. The fourth-order valence-corrected chi connectivity index (χ4v) is 1.43. The summed E-state index contributed by atoms with van der Waals surface area (Å²) in [6.07, 6.45) is 1.55. The van der Waals surface area contributed by atoms with Crippen molar-refractivity contribution < 1.29 is 8.94 Å². The first-order valence-corrected chi connectivity index (χ1v) is 4.45. The van der Waals surface area contributed by atoms with Gasteiger partial charge in [-0.2, -0.15) is 5.16 Å². The van der Waals surface area contributed by atoms with Crippen LogP contribution in [0.3, 0.4) is 0 Å². The van der Waals surface area contributed by atoms with Crippen molar-refractivity contribution in [2.45, 2.75) is 19.8 Å². The van der Waals surface area contributed by atoms with E-state index in [2.05, 4.69) is 5.16 Å². The van der Waals surface area contributed by atoms with Crippen LogP contribution in [0.5, 0.6) is 0 Å². The standard InChI is InChI=1S/C10H11NO3/c1-6(2)8-9(14-11-10(8)12)7-4-3-5-13-7/h3-6H,1-2H3,(H,11,12). The van der Waals surface area contributed by atoms with Gasteiger partial charge in [-0.1, -0.05) is 13.8 Å². The lowest BCUT2D eigenvalue weighted by Gasteiger charge is -1.99. The number of rotatable bonds is 2. The van der Waals surface area contributed by atoms with E-state index in [1.807, 2.05) is 13.8 Å². The van der Waals surface area contributed by atoms with Crippen LogP contribution in [0.2, 0.25) is 0 Å². The molecule has 74 valence electrons. The molecule has 2 heterocycles. The maximum atomic E-state index is 11.4. The summed E-state index contributed by atoms with van der Waals surface area (Å²) < 4.78 is 10.2. The summed E-state index contributed by atoms with van der Waals surface area (Å²) in [5.74, 6) is 1.18. The van der Waals surface area contributed by atoms with Crippen molar-refractivity contribution in [3.63, 3.8) is 0 Å². The number of H-pyrrole nitrogens is 1. The smallest absolute Gasteiger partial charge is 0.284 e. The van der Waals surface area contributed by atoms with Gasteiger partial charge in [0.2, 0.25) is 5.76 Å². The van der Waals surface area contributed by atoms with Gasteiger partial charge in [-0.3, -0.25) is 4.79 Å². The van der Waals surface area contributed by atoms with E-state index in [4.69, 9.17) is 8.94 Å². The van der Waals surface area contributed by atoms with Crippen LogP contribution in [0.4, 0.5) is 0 Å². The number of hydrogen-bond donors (Lipinski definition) is 1. The van der Waals surface area contributed by atoms with E-state index >= 15 is 0 Å². The number of nitrogens with one attached hydrogen (secondary N) is 1. The van der Waals surface area contributed by atoms with Crippen LogP contribution < -0.4 is 5.56 Å². The zero-order valence-electron chi connectivity index (χ0n) is 8.03. The molecule has 2 rings (SSSR count). The fourth-order valence-electron chi connectivity index (χ4n) is 1.43. The van der Waals surface area contributed by atoms with Crippen molar-refractivity contribution in [2.75, 3.05) is 0 Å². The summed E-state index contributed by atoms with van der Waals surface area (Å²) in [7, 11) is 0. The van der Waals surface area contributed by atoms with Crippen LogP contribution in [0.15, 0.2) is 32.1 Å². The largest absolute Gasteiger partial charge is 0.461 e. The zero-order valence-corrected chi connectivity index (χ0v) is 8.03. The predicted molar refractivity (Wildman–Crippen MR) is 51.1 cm³/mol. The molecule has 0 atom stereocenters. The third-order valence-electron chi connectivity index (χ3n) is 2.06. The minimum atomic E-state index is -0.189. The van der Waals surface area contributed by atoms with Gasteiger partial charge in [0.25, 0.3) is 5.56 Å². The van der Waals surface area contributed by atoms with Crippen molar-refractivity contribution in [2.24, 2.45) is 0 Å². The van der Waals surface area contributed by atoms with Gasteiger partial charge in [-0.25, -0.2) is 0 Å². The summed E-state index contributed by atoms with van der Waals surface area (Å²) in [4.78, 5) is 11.4. The first-order valence-electron chi connectivity index (χ1n) is 4.45. The molecular formula is C10H11NO3. The third-order valence-corrected chi connectivity index (χ3v) is 2.06. The Morgan fingerprint density at radius 2 is 2.21 bits per heavy atom. The van der Waals surface area contributed by atoms with Crippen LogP contribution in [0.1, 0.15) is 25.3 Å². The van der Waals surface area contributed by atoms with Crippen molar-refractivity contribution in [3.8, 4) is 11.5 Å². The maximum Gasteiger partial charge on any atom is 0.284 e. The number of aromatic amines is 1. The fraction of sp³-hybridized carbons (Fsp3) is 0.300. The average Bonchev–Trinajstić information content (AvgIpc) is 2.70. The molecule has 0 bridgehead atoms. The summed E-state index contributed by atoms with van der Waals surface area (Å²) in [5, 5.41) is 2.32. The number of hydrogen-bond acceptors (Lipinski definition) is 3. The van der Waals surface area contributed by atoms with Crippen LogP contribution in [-0.4, -0.2) is 5.16 Å². The lowest BCUT2D eigenvalue weighted by atomic mass is 10.0. The molecule has 1 N–H and O–H groups in total. The van der Waals surface area contributed by atoms with Crippen LogP contribution in [-0.2, 0) is 0 Å². The monoisotopic (exact) mass is 193 g/mol. The van der Waals surface area contributed by atoms with E-state index in [1.54, 1.807) is 18.4 Å². The molecule has 0 aliphatic carbocycles. The van der Waals surface area contributed by atoms with Crippen molar-refractivity contribution >= 4 is 0 Å². The van der Waals surface area contributed by atoms with Gasteiger partial charge in [0.1, 0.15) is 0 Å². The van der Waals surface area contributed by atoms with Gasteiger partial charge in [0.15, 0.2) is 5.76 Å². The van der Waals surface area contributed by atoms with Crippen LogP contribution >= 0.6 is 0 Å². The van der Waals surface area contributed by atoms with Crippen molar-refractivity contribution in [3.05, 3.63) is 34.3 Å². The zero-order chi connectivity index (χ0) is 10.1. The van der Waals surface area contributed by atoms with Crippen molar-refractivity contribution in [1.29, 1.82) is 0 Å². The van der Waals surface area contributed by atoms with E-state index in [1.165, 1.54) is 0 Å². The molecule has 0 saturated carbocycles. The average molecular weight is 193 g/mol. The second kappa shape index (κ2) is 3.21. The molecule has 0 spiro atoms. The second-order valence-corrected chi connectivity index (χ2v) is 3.41. The van der Waals surface area contributed by atoms with Crippen LogP contribution in [0, 0.1) is 0 Å². The second-order valence-electron chi connectivity index (χ2n) is 3.41. The van der Waals surface area contributed by atoms with E-state index in [9.17, 15) is 4.79 Å². The third kappa shape index (κ3) is 1.28. The maximum absolute atomic E-state index is 11.4. The number of furan rings is 1. The summed E-state index contributed by atoms with van der Waals surface area (Å²) >= 11 is 0. The first-order chi connectivity index (χ1) is 6.70. The summed E-state index contributed by atoms with van der Waals surface area (Å²) in [6, 6.07) is 3.52. The Morgan fingerprint density at radius 3 is 2.79 bits per heavy atom. The molecular weight excluding hydrogens is 182 g/mol. The lowest BCUT2D eigenvalue weighted by Crippen LogP contribution is -2.07. The minimum Gasteiger partial charge on any atom is -0.461 e. The quantitative estimate of drug-likeness (QED) is 0.796. The van der Waals surface area contributed by atoms with Gasteiger partial charge in [-0.05, 0) is 18.1 Å². The van der Waals surface area contributed by atoms with Gasteiger partial charge in [-0.15, -0.1) is 0 Å². The molecule has 0 radical (unpaired) electrons. The van der Waals surface area contributed by atoms with Gasteiger partial charge < -0.3 is 8.94 Å². The topological polar surface area (TPSA) is 59.1 Å². The Kier molecular flexibility index (Phi) is 2.04. The highest BCUT2D eigenvalue weighted by Crippen LogP contribution is 2.26. The summed E-state index contributed by atoms with van der Waals surface area (Å²) in [5.41, 5.74) is 0.436. The van der Waals surface area contributed by atoms with E-state index in [-0.39, 0.29) is 11.5 Å². The van der Waals surface area contributed by atoms with Crippen molar-refractivity contribution in [1.82, 2.24) is 5.16 Å². The molecule has 0 fully saturated rings. The Morgan fingerprint density at radius 1 is 1.43 bits per heavy atom. The molecule has 0 unspecified atom stereocenters. The molecule has 4 nitrogen and oxygen atoms in total. The molecule has 14 heavy (non-hydrogen) atoms. The minimum absolute atomic E-state index is 0.109. The van der Waals surface area contributed by atoms with E-state index < -0.39 is 0 Å². The van der Waals surface area contributed by atoms with E-state index in [0.717, 1.165) is 0 Å². The van der Waals surface area contributed by atoms with Gasteiger partial charge >= 0.3 is 0 Å². The van der Waals surface area contributed by atoms with E-state index in [0.29, 0.717) is 17.1 Å². The predicted octanol–water partition coefficient (Wildman–Crippen LogP) is 2.35. The highest BCUT2D eigenvalue weighted by Gasteiger charge is 2.19. The van der Waals surface area contributed by atoms with Gasteiger partial charge in [0.05, 0.1) is 11.8 Å². The SMILES string of the molecule is CC(C)c1c(-c2ccco2)o[nH]c1=O. The van der Waals surface area contributed by atoms with Crippen LogP contribution in [0.25, 0.3) is 11.5 Å². The first kappa shape index (κ1) is 8.87. The lowest BCUT2D eigenvalue weighted by molar-refractivity contribution is 0.411. The highest BCUT2D eigenvalue weighted by atomic mass is 16.5. The molecule has 4 heteroatoms. The number of aromatic nitrogens is 1. The Bertz CT molecular complexity index is 462. The Labute approximate surface area is 80.5 Å². The van der Waals surface area contributed by atoms with Gasteiger partial charge in [0, 0.05) is 0 Å². The summed E-state index contributed by atoms with van der Waals surface area (Å²) in [6.45, 7) is 3.87. The molecule has 2 aromatic rings.